The number of β-amino-alcohol motifs (C(OH)–C–C–N with tert-alkyl or cyclic N) is 1. The van der Waals surface area contributed by atoms with E-state index in [0.717, 1.165) is 12.8 Å². The lowest BCUT2D eigenvalue weighted by Crippen LogP contribution is -2.64. The normalized spacial score (nSPS) is 26.3. The third kappa shape index (κ3) is 3.06. The number of nitrogens with zero attached hydrogens (tertiary/aromatic N) is 2. The number of esters is 1. The maximum absolute atomic E-state index is 12.2. The number of rotatable bonds is 4. The van der Waals surface area contributed by atoms with E-state index in [-0.39, 0.29) is 17.8 Å². The first-order chi connectivity index (χ1) is 10.0. The Kier molecular flexibility index (Phi) is 3.92. The van der Waals surface area contributed by atoms with Gasteiger partial charge in [-0.05, 0) is 31.6 Å². The van der Waals surface area contributed by atoms with Gasteiger partial charge in [-0.3, -0.25) is 14.5 Å². The third-order valence-corrected chi connectivity index (χ3v) is 5.07. The van der Waals surface area contributed by atoms with Crippen molar-refractivity contribution in [2.45, 2.75) is 31.3 Å². The summed E-state index contributed by atoms with van der Waals surface area (Å²) >= 11 is 0. The number of ether oxygens (including phenoxy) is 1. The molecule has 1 amide bonds. The number of aliphatic hydroxyl groups is 1. The van der Waals surface area contributed by atoms with E-state index in [4.69, 9.17) is 4.74 Å². The zero-order valence-electron chi connectivity index (χ0n) is 12.6. The summed E-state index contributed by atoms with van der Waals surface area (Å²) in [4.78, 5) is 27.5. The third-order valence-electron chi connectivity index (χ3n) is 5.07. The highest BCUT2D eigenvalue weighted by molar-refractivity contribution is 5.79. The van der Waals surface area contributed by atoms with Crippen molar-refractivity contribution in [3.63, 3.8) is 0 Å². The Morgan fingerprint density at radius 1 is 1.19 bits per heavy atom. The summed E-state index contributed by atoms with van der Waals surface area (Å²) in [5, 5.41) is 10.2. The van der Waals surface area contributed by atoms with Gasteiger partial charge in [0, 0.05) is 26.2 Å². The molecule has 0 unspecified atom stereocenters. The van der Waals surface area contributed by atoms with Crippen LogP contribution in [0.4, 0.5) is 0 Å². The molecule has 21 heavy (non-hydrogen) atoms. The van der Waals surface area contributed by atoms with E-state index in [9.17, 15) is 14.7 Å². The lowest BCUT2D eigenvalue weighted by molar-refractivity contribution is -0.152. The number of methoxy groups -OCH3 is 1. The number of carbonyl (C=O) groups excluding carboxylic acids is 2. The Balaban J connectivity index is 1.40. The minimum Gasteiger partial charge on any atom is -0.469 e. The number of likely N-dealkylation sites (tertiary alicyclic amines) is 2. The van der Waals surface area contributed by atoms with Crippen LogP contribution in [0.1, 0.15) is 25.7 Å². The highest BCUT2D eigenvalue weighted by Gasteiger charge is 2.52. The number of piperidine rings is 1. The maximum Gasteiger partial charge on any atom is 0.308 e. The van der Waals surface area contributed by atoms with E-state index in [1.54, 1.807) is 0 Å². The molecule has 2 aliphatic heterocycles. The van der Waals surface area contributed by atoms with Gasteiger partial charge < -0.3 is 14.7 Å². The van der Waals surface area contributed by atoms with Gasteiger partial charge in [-0.15, -0.1) is 0 Å². The largest absolute Gasteiger partial charge is 0.469 e. The summed E-state index contributed by atoms with van der Waals surface area (Å²) < 4.78 is 4.75. The summed E-state index contributed by atoms with van der Waals surface area (Å²) in [5.41, 5.74) is -0.530. The summed E-state index contributed by atoms with van der Waals surface area (Å²) in [6.45, 7) is 2.89. The van der Waals surface area contributed by atoms with E-state index in [0.29, 0.717) is 51.5 Å². The van der Waals surface area contributed by atoms with Gasteiger partial charge in [0.1, 0.15) is 0 Å². The Morgan fingerprint density at radius 2 is 1.81 bits per heavy atom. The van der Waals surface area contributed by atoms with E-state index >= 15 is 0 Å². The molecule has 6 heteroatoms. The van der Waals surface area contributed by atoms with Gasteiger partial charge in [0.2, 0.25) is 5.91 Å². The minimum absolute atomic E-state index is 0.0667. The lowest BCUT2D eigenvalue weighted by atomic mass is 9.88. The van der Waals surface area contributed by atoms with Crippen LogP contribution in [0, 0.1) is 11.8 Å². The van der Waals surface area contributed by atoms with Crippen LogP contribution in [-0.2, 0) is 14.3 Å². The number of carbonyl (C=O) groups is 2. The monoisotopic (exact) mass is 296 g/mol. The van der Waals surface area contributed by atoms with Crippen molar-refractivity contribution in [2.75, 3.05) is 39.8 Å². The van der Waals surface area contributed by atoms with Gasteiger partial charge in [0.15, 0.2) is 0 Å². The molecule has 0 bridgehead atoms. The molecular weight excluding hydrogens is 272 g/mol. The van der Waals surface area contributed by atoms with Crippen LogP contribution in [0.3, 0.4) is 0 Å². The first-order valence-corrected chi connectivity index (χ1v) is 7.82. The first-order valence-electron chi connectivity index (χ1n) is 7.82. The average Bonchev–Trinajstić information content (AvgIpc) is 3.29. The van der Waals surface area contributed by atoms with Crippen LogP contribution in [0.15, 0.2) is 0 Å². The molecule has 2 heterocycles. The van der Waals surface area contributed by atoms with Crippen LogP contribution in [0.25, 0.3) is 0 Å². The van der Waals surface area contributed by atoms with Gasteiger partial charge in [-0.25, -0.2) is 0 Å². The molecule has 6 nitrogen and oxygen atoms in total. The second-order valence-corrected chi connectivity index (χ2v) is 6.70. The molecule has 0 radical (unpaired) electrons. The van der Waals surface area contributed by atoms with Gasteiger partial charge in [0.25, 0.3) is 0 Å². The molecule has 0 atom stereocenters. The summed E-state index contributed by atoms with van der Waals surface area (Å²) in [5.74, 6) is 0.332. The van der Waals surface area contributed by atoms with Gasteiger partial charge in [-0.2, -0.15) is 0 Å². The number of amides is 1. The molecule has 0 aromatic heterocycles. The van der Waals surface area contributed by atoms with Crippen molar-refractivity contribution in [1.29, 1.82) is 0 Å². The molecule has 0 aromatic rings. The molecular formula is C15H24N2O4. The van der Waals surface area contributed by atoms with Crippen LogP contribution in [0.5, 0.6) is 0 Å². The Labute approximate surface area is 125 Å². The lowest BCUT2D eigenvalue weighted by Gasteiger charge is -2.47. The molecule has 1 aliphatic carbocycles. The molecule has 118 valence electrons. The maximum atomic E-state index is 12.2. The van der Waals surface area contributed by atoms with E-state index in [1.807, 2.05) is 9.80 Å². The zero-order chi connectivity index (χ0) is 15.0. The SMILES string of the molecule is COC(=O)C1CCN(C(=O)CN2CC(O)(C3CC3)C2)CC1. The molecule has 1 N–H and O–H groups in total. The van der Waals surface area contributed by atoms with Crippen molar-refractivity contribution in [3.05, 3.63) is 0 Å². The first kappa shape index (κ1) is 14.8. The van der Waals surface area contributed by atoms with Gasteiger partial charge >= 0.3 is 5.97 Å². The van der Waals surface area contributed by atoms with E-state index in [2.05, 4.69) is 0 Å². The van der Waals surface area contributed by atoms with E-state index in [1.165, 1.54) is 7.11 Å². The fraction of sp³-hybridized carbons (Fsp3) is 0.867. The van der Waals surface area contributed by atoms with Crippen LogP contribution in [0.2, 0.25) is 0 Å². The fourth-order valence-corrected chi connectivity index (χ4v) is 3.54. The molecule has 3 fully saturated rings. The molecule has 2 saturated heterocycles. The zero-order valence-corrected chi connectivity index (χ0v) is 12.6. The Hall–Kier alpha value is -1.14. The minimum atomic E-state index is -0.530. The molecule has 3 rings (SSSR count). The Morgan fingerprint density at radius 3 is 2.33 bits per heavy atom. The fourth-order valence-electron chi connectivity index (χ4n) is 3.54. The predicted octanol–water partition coefficient (Wildman–Crippen LogP) is -0.145. The second kappa shape index (κ2) is 5.57. The summed E-state index contributed by atoms with van der Waals surface area (Å²) in [6.07, 6.45) is 3.62. The molecule has 0 aromatic carbocycles. The van der Waals surface area contributed by atoms with Gasteiger partial charge in [0.05, 0.1) is 25.2 Å². The van der Waals surface area contributed by atoms with Crippen LogP contribution >= 0.6 is 0 Å². The van der Waals surface area contributed by atoms with Crippen molar-refractivity contribution in [2.24, 2.45) is 11.8 Å². The number of hydrogen-bond donors (Lipinski definition) is 1. The summed E-state index contributed by atoms with van der Waals surface area (Å²) in [7, 11) is 1.41. The molecule has 1 saturated carbocycles. The highest BCUT2D eigenvalue weighted by Crippen LogP contribution is 2.44. The van der Waals surface area contributed by atoms with Gasteiger partial charge in [-0.1, -0.05) is 0 Å². The van der Waals surface area contributed by atoms with E-state index < -0.39 is 5.60 Å². The Bertz CT molecular complexity index is 421. The van der Waals surface area contributed by atoms with Crippen LogP contribution in [-0.4, -0.2) is 72.2 Å². The molecule has 0 spiro atoms. The standard InChI is InChI=1S/C15H24N2O4/c1-21-14(19)11-4-6-17(7-5-11)13(18)8-16-9-15(20,10-16)12-2-3-12/h11-12,20H,2-10H2,1H3. The van der Waals surface area contributed by atoms with Crippen LogP contribution < -0.4 is 0 Å². The van der Waals surface area contributed by atoms with Crippen molar-refractivity contribution in [1.82, 2.24) is 9.80 Å². The topological polar surface area (TPSA) is 70.1 Å². The average molecular weight is 296 g/mol. The van der Waals surface area contributed by atoms with Crippen molar-refractivity contribution < 1.29 is 19.4 Å². The second-order valence-electron chi connectivity index (χ2n) is 6.70. The quantitative estimate of drug-likeness (QED) is 0.731. The molecule has 3 aliphatic rings. The smallest absolute Gasteiger partial charge is 0.308 e. The highest BCUT2D eigenvalue weighted by atomic mass is 16.5. The summed E-state index contributed by atoms with van der Waals surface area (Å²) in [6, 6.07) is 0. The predicted molar refractivity (Wildman–Crippen MR) is 75.4 cm³/mol. The number of hydrogen-bond acceptors (Lipinski definition) is 5. The van der Waals surface area contributed by atoms with Crippen molar-refractivity contribution in [3.8, 4) is 0 Å². The van der Waals surface area contributed by atoms with Crippen molar-refractivity contribution >= 4 is 11.9 Å².